The van der Waals surface area contributed by atoms with E-state index in [1.165, 1.54) is 76.3 Å². The highest BCUT2D eigenvalue weighted by atomic mass is 16.3. The molecule has 9 aromatic rings. The van der Waals surface area contributed by atoms with Crippen LogP contribution in [0.15, 0.2) is 168 Å². The van der Waals surface area contributed by atoms with E-state index in [-0.39, 0.29) is 5.41 Å². The molecule has 2 aromatic heterocycles. The highest BCUT2D eigenvalue weighted by molar-refractivity contribution is 6.11. The van der Waals surface area contributed by atoms with Crippen molar-refractivity contribution < 1.29 is 4.42 Å². The molecular weight excluding hydrogens is 681 g/mol. The zero-order chi connectivity index (χ0) is 37.4. The van der Waals surface area contributed by atoms with E-state index < -0.39 is 0 Å². The predicted octanol–water partition coefficient (Wildman–Crippen LogP) is 14.9. The molecule has 2 aliphatic rings. The number of rotatable bonds is 6. The number of nitrogens with zero attached hydrogens (tertiary/aromatic N) is 2. The number of anilines is 3. The van der Waals surface area contributed by atoms with Crippen LogP contribution < -0.4 is 4.90 Å². The largest absolute Gasteiger partial charge is 0.454 e. The monoisotopic (exact) mass is 726 g/mol. The summed E-state index contributed by atoms with van der Waals surface area (Å²) in [5.41, 5.74) is 12.9. The van der Waals surface area contributed by atoms with Crippen molar-refractivity contribution in [2.75, 3.05) is 4.90 Å². The zero-order valence-corrected chi connectivity index (χ0v) is 32.2. The number of hydrogen-bond donors (Lipinski definition) is 0. The molecule has 0 saturated heterocycles. The number of furan rings is 1. The molecule has 2 aliphatic carbocycles. The van der Waals surface area contributed by atoms with Crippen molar-refractivity contribution >= 4 is 60.8 Å². The van der Waals surface area contributed by atoms with Gasteiger partial charge in [-0.1, -0.05) is 123 Å². The molecule has 2 fully saturated rings. The van der Waals surface area contributed by atoms with Gasteiger partial charge in [-0.05, 0) is 121 Å². The van der Waals surface area contributed by atoms with Crippen molar-refractivity contribution in [3.63, 3.8) is 0 Å². The summed E-state index contributed by atoms with van der Waals surface area (Å²) in [7, 11) is 0. The molecule has 274 valence electrons. The van der Waals surface area contributed by atoms with Gasteiger partial charge < -0.3 is 13.9 Å². The van der Waals surface area contributed by atoms with Crippen molar-refractivity contribution in [2.24, 2.45) is 17.8 Å². The summed E-state index contributed by atoms with van der Waals surface area (Å²) < 4.78 is 9.10. The van der Waals surface area contributed by atoms with Crippen LogP contribution in [-0.2, 0) is 5.41 Å². The van der Waals surface area contributed by atoms with E-state index in [9.17, 15) is 0 Å². The van der Waals surface area contributed by atoms with Gasteiger partial charge in [-0.25, -0.2) is 0 Å². The minimum atomic E-state index is 0.285. The molecule has 3 heteroatoms. The Balaban J connectivity index is 1.04. The van der Waals surface area contributed by atoms with Crippen LogP contribution >= 0.6 is 0 Å². The molecule has 3 nitrogen and oxygen atoms in total. The molecule has 0 unspecified atom stereocenters. The minimum absolute atomic E-state index is 0.285. The van der Waals surface area contributed by atoms with Crippen LogP contribution in [0.1, 0.15) is 51.5 Å². The first kappa shape index (κ1) is 33.3. The SMILES string of the molecule is C[C@H]1CC2C[C@H](C)CC(c3ccc(N(c4ccc(-c5ccccc5-n5c6ccccc6c6ccccc65)cc4)c4cccc5c4oc4ccccc45)cc3)(C2)C1. The Labute approximate surface area is 328 Å². The maximum absolute atomic E-state index is 6.68. The number of benzene rings is 7. The van der Waals surface area contributed by atoms with E-state index in [4.69, 9.17) is 4.42 Å². The maximum atomic E-state index is 6.68. The normalized spacial score (nSPS) is 20.9. The fraction of sp³-hybridized carbons (Fsp3) is 0.208. The third-order valence-electron chi connectivity index (χ3n) is 13.2. The second kappa shape index (κ2) is 13.0. The third-order valence-corrected chi connectivity index (χ3v) is 13.2. The molecule has 11 rings (SSSR count). The predicted molar refractivity (Wildman–Crippen MR) is 235 cm³/mol. The summed E-state index contributed by atoms with van der Waals surface area (Å²) in [5, 5.41) is 4.81. The van der Waals surface area contributed by atoms with Crippen molar-refractivity contribution in [1.82, 2.24) is 4.57 Å². The highest BCUT2D eigenvalue weighted by Gasteiger charge is 2.45. The number of hydrogen-bond acceptors (Lipinski definition) is 2. The zero-order valence-electron chi connectivity index (χ0n) is 32.2. The Bertz CT molecular complexity index is 2820. The van der Waals surface area contributed by atoms with Crippen molar-refractivity contribution in [1.29, 1.82) is 0 Å². The molecule has 2 bridgehead atoms. The van der Waals surface area contributed by atoms with Gasteiger partial charge in [0.2, 0.25) is 0 Å². The van der Waals surface area contributed by atoms with Gasteiger partial charge >= 0.3 is 0 Å². The molecule has 0 spiro atoms. The Morgan fingerprint density at radius 1 is 0.536 bits per heavy atom. The Kier molecular flexibility index (Phi) is 7.74. The lowest BCUT2D eigenvalue weighted by molar-refractivity contribution is 0.0780. The number of fused-ring (bicyclic) bond motifs is 8. The topological polar surface area (TPSA) is 21.3 Å². The summed E-state index contributed by atoms with van der Waals surface area (Å²) in [6.45, 7) is 4.96. The molecule has 2 saturated carbocycles. The van der Waals surface area contributed by atoms with Crippen molar-refractivity contribution in [3.05, 3.63) is 169 Å². The molecule has 2 heterocycles. The van der Waals surface area contributed by atoms with E-state index in [1.807, 2.05) is 0 Å². The van der Waals surface area contributed by atoms with E-state index >= 15 is 0 Å². The van der Waals surface area contributed by atoms with Gasteiger partial charge in [0.25, 0.3) is 0 Å². The lowest BCUT2D eigenvalue weighted by atomic mass is 9.54. The van der Waals surface area contributed by atoms with Crippen molar-refractivity contribution in [3.8, 4) is 16.8 Å². The van der Waals surface area contributed by atoms with Gasteiger partial charge in [0, 0.05) is 38.5 Å². The van der Waals surface area contributed by atoms with Crippen LogP contribution in [0.5, 0.6) is 0 Å². The van der Waals surface area contributed by atoms with Crippen LogP contribution in [0.4, 0.5) is 17.1 Å². The second-order valence-electron chi connectivity index (χ2n) is 17.0. The summed E-state index contributed by atoms with van der Waals surface area (Å²) >= 11 is 0. The van der Waals surface area contributed by atoms with Gasteiger partial charge in [-0.3, -0.25) is 0 Å². The van der Waals surface area contributed by atoms with Gasteiger partial charge in [-0.2, -0.15) is 0 Å². The fourth-order valence-electron chi connectivity index (χ4n) is 11.2. The lowest BCUT2D eigenvalue weighted by Gasteiger charge is -2.50. The Hall–Kier alpha value is -6.06. The summed E-state index contributed by atoms with van der Waals surface area (Å²) in [4.78, 5) is 2.39. The highest BCUT2D eigenvalue weighted by Crippen LogP contribution is 2.54. The van der Waals surface area contributed by atoms with Crippen LogP contribution in [0.3, 0.4) is 0 Å². The first-order valence-electron chi connectivity index (χ1n) is 20.5. The summed E-state index contributed by atoms with van der Waals surface area (Å²) in [6, 6.07) is 60.0. The van der Waals surface area contributed by atoms with Gasteiger partial charge in [-0.15, -0.1) is 0 Å². The fourth-order valence-corrected chi connectivity index (χ4v) is 11.2. The average molecular weight is 727 g/mol. The summed E-state index contributed by atoms with van der Waals surface area (Å²) in [6.07, 6.45) is 6.71. The molecule has 56 heavy (non-hydrogen) atoms. The van der Waals surface area contributed by atoms with Gasteiger partial charge in [0.1, 0.15) is 5.58 Å². The van der Waals surface area contributed by atoms with Crippen molar-refractivity contribution in [2.45, 2.75) is 51.4 Å². The average Bonchev–Trinajstić information content (AvgIpc) is 3.77. The van der Waals surface area contributed by atoms with E-state index in [0.29, 0.717) is 0 Å². The molecule has 0 radical (unpaired) electrons. The standard InChI is InChI=1S/C53H46N2O/c1-35-30-37-31-36(2)33-53(32-35,34-37)39-24-28-41(29-25-39)54(50-20-11-16-46-45-15-6-10-21-51(45)56-52(46)50)40-26-22-38(23-27-40)42-12-3-7-17-47(42)55-48-18-8-4-13-43(48)44-14-5-9-19-49(44)55/h3-29,35-37H,30-34H2,1-2H3/t35-,36-,37?,53?/m0/s1. The smallest absolute Gasteiger partial charge is 0.159 e. The van der Waals surface area contributed by atoms with E-state index in [2.05, 4.69) is 187 Å². The second-order valence-corrected chi connectivity index (χ2v) is 17.0. The van der Waals surface area contributed by atoms with Crippen LogP contribution in [0.25, 0.3) is 60.6 Å². The first-order chi connectivity index (χ1) is 27.5. The quantitative estimate of drug-likeness (QED) is 0.170. The summed E-state index contributed by atoms with van der Waals surface area (Å²) in [5.74, 6) is 2.41. The lowest BCUT2D eigenvalue weighted by Crippen LogP contribution is -2.42. The van der Waals surface area contributed by atoms with E-state index in [0.717, 1.165) is 56.8 Å². The maximum Gasteiger partial charge on any atom is 0.159 e. The molecule has 0 N–H and O–H groups in total. The van der Waals surface area contributed by atoms with E-state index in [1.54, 1.807) is 0 Å². The van der Waals surface area contributed by atoms with Gasteiger partial charge in [0.15, 0.2) is 5.58 Å². The molecule has 0 amide bonds. The molecule has 0 aliphatic heterocycles. The Morgan fingerprint density at radius 2 is 1.11 bits per heavy atom. The molecular formula is C53H46N2O. The number of para-hydroxylation sites is 5. The Morgan fingerprint density at radius 3 is 1.80 bits per heavy atom. The molecule has 7 aromatic carbocycles. The molecule has 2 atom stereocenters. The number of aromatic nitrogens is 1. The van der Waals surface area contributed by atoms with Crippen LogP contribution in [-0.4, -0.2) is 4.57 Å². The minimum Gasteiger partial charge on any atom is -0.454 e. The van der Waals surface area contributed by atoms with Gasteiger partial charge in [0.05, 0.1) is 22.4 Å². The van der Waals surface area contributed by atoms with Crippen LogP contribution in [0, 0.1) is 17.8 Å². The third kappa shape index (κ3) is 5.32. The first-order valence-corrected chi connectivity index (χ1v) is 20.5. The van der Waals surface area contributed by atoms with Crippen LogP contribution in [0.2, 0.25) is 0 Å².